The van der Waals surface area contributed by atoms with Crippen molar-refractivity contribution in [3.8, 4) is 11.1 Å². The molecule has 0 fully saturated rings. The van der Waals surface area contributed by atoms with E-state index in [1.807, 2.05) is 38.1 Å². The molecule has 134 valence electrons. The van der Waals surface area contributed by atoms with Crippen LogP contribution in [0.2, 0.25) is 0 Å². The predicted octanol–water partition coefficient (Wildman–Crippen LogP) is 4.32. The maximum Gasteiger partial charge on any atom is 0.407 e. The molecular formula is C21H27NO3. The summed E-state index contributed by atoms with van der Waals surface area (Å²) in [6.07, 6.45) is -0.508. The summed E-state index contributed by atoms with van der Waals surface area (Å²) in [4.78, 5) is 12.0. The molecule has 2 N–H and O–H groups in total. The summed E-state index contributed by atoms with van der Waals surface area (Å²) in [7, 11) is 0. The Morgan fingerprint density at radius 2 is 1.52 bits per heavy atom. The Morgan fingerprint density at radius 1 is 1.04 bits per heavy atom. The summed E-state index contributed by atoms with van der Waals surface area (Å²) in [6, 6.07) is 16.4. The molecular weight excluding hydrogens is 314 g/mol. The number of carbonyl (C=O) groups excluding carboxylic acids is 1. The fraction of sp³-hybridized carbons (Fsp3) is 0.381. The second kappa shape index (κ2) is 8.17. The van der Waals surface area contributed by atoms with Crippen LogP contribution in [0.3, 0.4) is 0 Å². The summed E-state index contributed by atoms with van der Waals surface area (Å²) >= 11 is 0. The minimum atomic E-state index is -0.692. The first-order chi connectivity index (χ1) is 12.0. The second-order valence-corrected chi connectivity index (χ2v) is 6.49. The molecule has 0 saturated heterocycles. The summed E-state index contributed by atoms with van der Waals surface area (Å²) in [5.41, 5.74) is 4.08. The molecule has 0 aliphatic heterocycles. The lowest BCUT2D eigenvalue weighted by Gasteiger charge is -2.23. The maximum absolute atomic E-state index is 12.0. The van der Waals surface area contributed by atoms with Crippen molar-refractivity contribution in [2.45, 2.75) is 39.2 Å². The normalized spacial score (nSPS) is 12.5. The van der Waals surface area contributed by atoms with Crippen LogP contribution in [0.25, 0.3) is 11.1 Å². The molecule has 0 unspecified atom stereocenters. The van der Waals surface area contributed by atoms with Gasteiger partial charge in [0.25, 0.3) is 0 Å². The molecule has 1 amide bonds. The van der Waals surface area contributed by atoms with E-state index < -0.39 is 11.6 Å². The van der Waals surface area contributed by atoms with Gasteiger partial charge in [0.1, 0.15) is 6.61 Å². The van der Waals surface area contributed by atoms with Crippen LogP contribution in [-0.2, 0) is 4.74 Å². The summed E-state index contributed by atoms with van der Waals surface area (Å²) < 4.78 is 5.42. The van der Waals surface area contributed by atoms with E-state index >= 15 is 0 Å². The topological polar surface area (TPSA) is 58.6 Å². The number of amides is 1. The Labute approximate surface area is 149 Å². The minimum absolute atomic E-state index is 0.0467. The molecule has 0 radical (unpaired) electrons. The number of benzene rings is 2. The Morgan fingerprint density at radius 3 is 2.00 bits per heavy atom. The highest BCUT2D eigenvalue weighted by Crippen LogP contribution is 2.44. The molecule has 3 rings (SSSR count). The molecule has 0 bridgehead atoms. The number of nitrogens with one attached hydrogen (secondary N) is 1. The van der Waals surface area contributed by atoms with Gasteiger partial charge in [-0.1, -0.05) is 62.4 Å². The lowest BCUT2D eigenvalue weighted by atomic mass is 9.98. The smallest absolute Gasteiger partial charge is 0.407 e. The number of alkyl carbamates (subject to hydrolysis) is 1. The van der Waals surface area contributed by atoms with Gasteiger partial charge in [-0.05, 0) is 36.1 Å². The number of fused-ring (bicyclic) bond motifs is 3. The van der Waals surface area contributed by atoms with E-state index in [9.17, 15) is 9.90 Å². The van der Waals surface area contributed by atoms with Gasteiger partial charge in [0.05, 0.1) is 12.1 Å². The molecule has 2 aromatic rings. The van der Waals surface area contributed by atoms with Crippen LogP contribution in [0, 0.1) is 0 Å². The molecule has 4 heteroatoms. The number of aliphatic hydroxyl groups is 1. The SMILES string of the molecule is CC.CC(C)(CO)NC(=O)OCC1c2ccccc2-c2ccccc21. The summed E-state index contributed by atoms with van der Waals surface area (Å²) in [6.45, 7) is 7.63. The molecule has 0 heterocycles. The third kappa shape index (κ3) is 4.20. The molecule has 4 nitrogen and oxygen atoms in total. The minimum Gasteiger partial charge on any atom is -0.449 e. The Kier molecular flexibility index (Phi) is 6.21. The average molecular weight is 341 g/mol. The first-order valence-electron chi connectivity index (χ1n) is 8.76. The highest BCUT2D eigenvalue weighted by molar-refractivity contribution is 5.79. The van der Waals surface area contributed by atoms with Crippen LogP contribution in [0.4, 0.5) is 4.79 Å². The van der Waals surface area contributed by atoms with Gasteiger partial charge < -0.3 is 15.2 Å². The summed E-state index contributed by atoms with van der Waals surface area (Å²) in [5, 5.41) is 11.9. The number of ether oxygens (including phenoxy) is 1. The van der Waals surface area contributed by atoms with E-state index in [2.05, 4.69) is 29.6 Å². The molecule has 25 heavy (non-hydrogen) atoms. The molecule has 0 aromatic heterocycles. The monoisotopic (exact) mass is 341 g/mol. The maximum atomic E-state index is 12.0. The fourth-order valence-electron chi connectivity index (χ4n) is 2.95. The number of rotatable bonds is 4. The third-order valence-electron chi connectivity index (χ3n) is 4.18. The Hall–Kier alpha value is -2.33. The second-order valence-electron chi connectivity index (χ2n) is 6.49. The van der Waals surface area contributed by atoms with E-state index in [4.69, 9.17) is 4.74 Å². The Balaban J connectivity index is 0.00000109. The van der Waals surface area contributed by atoms with Gasteiger partial charge in [-0.15, -0.1) is 0 Å². The number of aliphatic hydroxyl groups excluding tert-OH is 1. The zero-order chi connectivity index (χ0) is 18.4. The van der Waals surface area contributed by atoms with Crippen LogP contribution >= 0.6 is 0 Å². The van der Waals surface area contributed by atoms with Crippen LogP contribution in [0.5, 0.6) is 0 Å². The molecule has 0 atom stereocenters. The molecule has 1 aliphatic carbocycles. The lowest BCUT2D eigenvalue weighted by Crippen LogP contribution is -2.46. The van der Waals surface area contributed by atoms with E-state index in [0.717, 1.165) is 0 Å². The highest BCUT2D eigenvalue weighted by atomic mass is 16.5. The van der Waals surface area contributed by atoms with E-state index in [1.54, 1.807) is 13.8 Å². The van der Waals surface area contributed by atoms with Crippen molar-refractivity contribution in [2.24, 2.45) is 0 Å². The van der Waals surface area contributed by atoms with Gasteiger partial charge >= 0.3 is 6.09 Å². The first kappa shape index (κ1) is 19.0. The van der Waals surface area contributed by atoms with Gasteiger partial charge in [-0.3, -0.25) is 0 Å². The molecule has 0 spiro atoms. The fourth-order valence-corrected chi connectivity index (χ4v) is 2.95. The van der Waals surface area contributed by atoms with E-state index in [0.29, 0.717) is 0 Å². The molecule has 2 aromatic carbocycles. The van der Waals surface area contributed by atoms with Crippen molar-refractivity contribution in [1.29, 1.82) is 0 Å². The zero-order valence-electron chi connectivity index (χ0n) is 15.4. The highest BCUT2D eigenvalue weighted by Gasteiger charge is 2.29. The molecule has 0 saturated carbocycles. The van der Waals surface area contributed by atoms with Crippen molar-refractivity contribution < 1.29 is 14.6 Å². The molecule has 1 aliphatic rings. The van der Waals surface area contributed by atoms with E-state index in [1.165, 1.54) is 22.3 Å². The Bertz CT molecular complexity index is 679. The number of hydrogen-bond acceptors (Lipinski definition) is 3. The van der Waals surface area contributed by atoms with Crippen LogP contribution in [0.1, 0.15) is 44.7 Å². The standard InChI is InChI=1S/C19H21NO3.C2H6/c1-19(2,12-21)20-18(22)23-11-17-15-9-5-3-7-13(15)14-8-4-6-10-16(14)17;1-2/h3-10,17,21H,11-12H2,1-2H3,(H,20,22);1-2H3. The van der Waals surface area contributed by atoms with Crippen molar-refractivity contribution >= 4 is 6.09 Å². The number of carbonyl (C=O) groups is 1. The van der Waals surface area contributed by atoms with Crippen LogP contribution in [0.15, 0.2) is 48.5 Å². The predicted molar refractivity (Wildman–Crippen MR) is 101 cm³/mol. The lowest BCUT2D eigenvalue weighted by molar-refractivity contribution is 0.119. The zero-order valence-corrected chi connectivity index (χ0v) is 15.4. The van der Waals surface area contributed by atoms with Crippen LogP contribution in [-0.4, -0.2) is 30.0 Å². The van der Waals surface area contributed by atoms with E-state index in [-0.39, 0.29) is 19.1 Å². The number of hydrogen-bond donors (Lipinski definition) is 2. The van der Waals surface area contributed by atoms with Gasteiger partial charge in [-0.25, -0.2) is 4.79 Å². The van der Waals surface area contributed by atoms with Crippen molar-refractivity contribution in [3.05, 3.63) is 59.7 Å². The van der Waals surface area contributed by atoms with Gasteiger partial charge in [-0.2, -0.15) is 0 Å². The third-order valence-corrected chi connectivity index (χ3v) is 4.18. The van der Waals surface area contributed by atoms with Crippen molar-refractivity contribution in [3.63, 3.8) is 0 Å². The largest absolute Gasteiger partial charge is 0.449 e. The van der Waals surface area contributed by atoms with Gasteiger partial charge in [0, 0.05) is 5.92 Å². The van der Waals surface area contributed by atoms with Crippen molar-refractivity contribution in [1.82, 2.24) is 5.32 Å². The summed E-state index contributed by atoms with van der Waals surface area (Å²) in [5.74, 6) is 0.0467. The average Bonchev–Trinajstić information content (AvgIpc) is 2.95. The van der Waals surface area contributed by atoms with Gasteiger partial charge in [0.2, 0.25) is 0 Å². The first-order valence-corrected chi connectivity index (χ1v) is 8.76. The van der Waals surface area contributed by atoms with Crippen molar-refractivity contribution in [2.75, 3.05) is 13.2 Å². The van der Waals surface area contributed by atoms with Crippen LogP contribution < -0.4 is 5.32 Å². The van der Waals surface area contributed by atoms with Gasteiger partial charge in [0.15, 0.2) is 0 Å². The quantitative estimate of drug-likeness (QED) is 0.870.